The molecule has 1 unspecified atom stereocenters. The Morgan fingerprint density at radius 2 is 1.77 bits per heavy atom. The maximum atomic E-state index is 12.8. The van der Waals surface area contributed by atoms with E-state index in [2.05, 4.69) is 43.2 Å². The third-order valence-corrected chi connectivity index (χ3v) is 4.43. The van der Waals surface area contributed by atoms with E-state index in [9.17, 15) is 4.79 Å². The van der Waals surface area contributed by atoms with Crippen LogP contribution in [0.4, 0.5) is 0 Å². The smallest absolute Gasteiger partial charge is 0.251 e. The fourth-order valence-electron chi connectivity index (χ4n) is 3.09. The predicted molar refractivity (Wildman–Crippen MR) is 103 cm³/mol. The quantitative estimate of drug-likeness (QED) is 0.729. The van der Waals surface area contributed by atoms with Gasteiger partial charge in [0.1, 0.15) is 0 Å². The SMILES string of the molecule is CC(C)Cc1ccc(C(=O)NC(c2nnc3ccccn23)C(C)C)cc1. The number of hydrogen-bond acceptors (Lipinski definition) is 3. The average Bonchev–Trinajstić information content (AvgIpc) is 3.03. The van der Waals surface area contributed by atoms with Gasteiger partial charge in [-0.15, -0.1) is 10.2 Å². The second-order valence-corrected chi connectivity index (χ2v) is 7.48. The minimum absolute atomic E-state index is 0.0903. The number of fused-ring (bicyclic) bond motifs is 1. The van der Waals surface area contributed by atoms with Crippen LogP contribution in [0.3, 0.4) is 0 Å². The molecule has 1 amide bonds. The first kappa shape index (κ1) is 18.1. The van der Waals surface area contributed by atoms with E-state index in [1.54, 1.807) is 0 Å². The van der Waals surface area contributed by atoms with Crippen molar-refractivity contribution in [3.63, 3.8) is 0 Å². The lowest BCUT2D eigenvalue weighted by Crippen LogP contribution is -2.33. The molecule has 1 N–H and O–H groups in total. The van der Waals surface area contributed by atoms with Gasteiger partial charge in [-0.3, -0.25) is 9.20 Å². The second-order valence-electron chi connectivity index (χ2n) is 7.48. The first-order chi connectivity index (χ1) is 12.5. The van der Waals surface area contributed by atoms with E-state index in [0.29, 0.717) is 11.5 Å². The molecular weight excluding hydrogens is 324 g/mol. The van der Waals surface area contributed by atoms with E-state index in [-0.39, 0.29) is 17.9 Å². The van der Waals surface area contributed by atoms with Crippen LogP contribution in [0, 0.1) is 11.8 Å². The summed E-state index contributed by atoms with van der Waals surface area (Å²) in [5.74, 6) is 1.45. The Hall–Kier alpha value is -2.69. The number of carbonyl (C=O) groups excluding carboxylic acids is 1. The summed E-state index contributed by atoms with van der Waals surface area (Å²) in [5, 5.41) is 11.6. The number of nitrogens with one attached hydrogen (secondary N) is 1. The van der Waals surface area contributed by atoms with Gasteiger partial charge in [0.15, 0.2) is 11.5 Å². The van der Waals surface area contributed by atoms with E-state index in [1.807, 2.05) is 53.1 Å². The summed E-state index contributed by atoms with van der Waals surface area (Å²) in [7, 11) is 0. The van der Waals surface area contributed by atoms with Crippen LogP contribution >= 0.6 is 0 Å². The van der Waals surface area contributed by atoms with Crippen molar-refractivity contribution in [3.8, 4) is 0 Å². The number of rotatable bonds is 6. The van der Waals surface area contributed by atoms with Gasteiger partial charge in [0, 0.05) is 11.8 Å². The average molecular weight is 350 g/mol. The van der Waals surface area contributed by atoms with Crippen LogP contribution in [0.2, 0.25) is 0 Å². The molecular formula is C21H26N4O. The topological polar surface area (TPSA) is 59.3 Å². The van der Waals surface area contributed by atoms with Gasteiger partial charge in [0.2, 0.25) is 0 Å². The lowest BCUT2D eigenvalue weighted by molar-refractivity contribution is 0.0923. The Morgan fingerprint density at radius 3 is 2.42 bits per heavy atom. The molecule has 0 radical (unpaired) electrons. The standard InChI is InChI=1S/C21H26N4O/c1-14(2)13-16-8-10-17(11-9-16)21(26)22-19(15(3)4)20-24-23-18-7-5-6-12-25(18)20/h5-12,14-15,19H,13H2,1-4H3,(H,22,26). The summed E-state index contributed by atoms with van der Waals surface area (Å²) in [6, 6.07) is 13.4. The summed E-state index contributed by atoms with van der Waals surface area (Å²) >= 11 is 0. The lowest BCUT2D eigenvalue weighted by atomic mass is 10.0. The van der Waals surface area contributed by atoms with Crippen molar-refractivity contribution in [2.75, 3.05) is 0 Å². The van der Waals surface area contributed by atoms with Crippen LogP contribution in [0.15, 0.2) is 48.7 Å². The molecule has 1 aromatic carbocycles. The number of hydrogen-bond donors (Lipinski definition) is 1. The molecule has 136 valence electrons. The summed E-state index contributed by atoms with van der Waals surface area (Å²) in [4.78, 5) is 12.8. The van der Waals surface area contributed by atoms with E-state index in [1.165, 1.54) is 5.56 Å². The zero-order valence-electron chi connectivity index (χ0n) is 15.8. The summed E-state index contributed by atoms with van der Waals surface area (Å²) < 4.78 is 1.93. The van der Waals surface area contributed by atoms with Crippen molar-refractivity contribution < 1.29 is 4.79 Å². The second kappa shape index (κ2) is 7.68. The van der Waals surface area contributed by atoms with Gasteiger partial charge < -0.3 is 5.32 Å². The Kier molecular flexibility index (Phi) is 5.35. The number of amides is 1. The largest absolute Gasteiger partial charge is 0.342 e. The molecule has 0 saturated carbocycles. The maximum absolute atomic E-state index is 12.8. The molecule has 2 aromatic heterocycles. The van der Waals surface area contributed by atoms with E-state index in [0.717, 1.165) is 17.9 Å². The molecule has 0 bridgehead atoms. The van der Waals surface area contributed by atoms with Gasteiger partial charge >= 0.3 is 0 Å². The Bertz CT molecular complexity index is 880. The summed E-state index contributed by atoms with van der Waals surface area (Å²) in [5.41, 5.74) is 2.69. The highest BCUT2D eigenvalue weighted by Gasteiger charge is 2.24. The highest BCUT2D eigenvalue weighted by molar-refractivity contribution is 5.94. The fraction of sp³-hybridized carbons (Fsp3) is 0.381. The Balaban J connectivity index is 1.81. The van der Waals surface area contributed by atoms with Crippen molar-refractivity contribution in [2.45, 2.75) is 40.2 Å². The van der Waals surface area contributed by atoms with Gasteiger partial charge in [-0.05, 0) is 48.1 Å². The van der Waals surface area contributed by atoms with Crippen LogP contribution in [-0.2, 0) is 6.42 Å². The zero-order chi connectivity index (χ0) is 18.7. The minimum atomic E-state index is -0.213. The molecule has 0 spiro atoms. The van der Waals surface area contributed by atoms with Gasteiger partial charge in [0.25, 0.3) is 5.91 Å². The Labute approximate surface area is 154 Å². The van der Waals surface area contributed by atoms with E-state index < -0.39 is 0 Å². The summed E-state index contributed by atoms with van der Waals surface area (Å²) in [6.45, 7) is 8.52. The molecule has 3 aromatic rings. The third-order valence-electron chi connectivity index (χ3n) is 4.43. The number of nitrogens with zero attached hydrogens (tertiary/aromatic N) is 3. The normalized spacial score (nSPS) is 12.7. The fourth-order valence-corrected chi connectivity index (χ4v) is 3.09. The van der Waals surface area contributed by atoms with Crippen molar-refractivity contribution >= 4 is 11.6 Å². The van der Waals surface area contributed by atoms with Gasteiger partial charge in [-0.1, -0.05) is 45.9 Å². The molecule has 0 aliphatic heterocycles. The molecule has 1 atom stereocenters. The number of pyridine rings is 1. The number of carbonyl (C=O) groups is 1. The molecule has 5 heteroatoms. The molecule has 0 aliphatic carbocycles. The van der Waals surface area contributed by atoms with Crippen LogP contribution in [-0.4, -0.2) is 20.5 Å². The van der Waals surface area contributed by atoms with E-state index >= 15 is 0 Å². The maximum Gasteiger partial charge on any atom is 0.251 e. The number of aromatic nitrogens is 3. The molecule has 5 nitrogen and oxygen atoms in total. The van der Waals surface area contributed by atoms with Crippen molar-refractivity contribution in [3.05, 3.63) is 65.6 Å². The van der Waals surface area contributed by atoms with Crippen molar-refractivity contribution in [2.24, 2.45) is 11.8 Å². The predicted octanol–water partition coefficient (Wildman–Crippen LogP) is 4.05. The Morgan fingerprint density at radius 1 is 1.04 bits per heavy atom. The molecule has 26 heavy (non-hydrogen) atoms. The molecule has 0 aliphatic rings. The highest BCUT2D eigenvalue weighted by atomic mass is 16.1. The number of benzene rings is 1. The first-order valence-electron chi connectivity index (χ1n) is 9.15. The van der Waals surface area contributed by atoms with Crippen LogP contribution < -0.4 is 5.32 Å². The van der Waals surface area contributed by atoms with Crippen LogP contribution in [0.1, 0.15) is 55.5 Å². The van der Waals surface area contributed by atoms with Crippen LogP contribution in [0.5, 0.6) is 0 Å². The molecule has 0 fully saturated rings. The molecule has 3 rings (SSSR count). The lowest BCUT2D eigenvalue weighted by Gasteiger charge is -2.21. The third kappa shape index (κ3) is 3.93. The van der Waals surface area contributed by atoms with Gasteiger partial charge in [-0.2, -0.15) is 0 Å². The van der Waals surface area contributed by atoms with Crippen LogP contribution in [0.25, 0.3) is 5.65 Å². The molecule has 0 saturated heterocycles. The first-order valence-corrected chi connectivity index (χ1v) is 9.15. The van der Waals surface area contributed by atoms with E-state index in [4.69, 9.17) is 0 Å². The zero-order valence-corrected chi connectivity index (χ0v) is 15.8. The summed E-state index contributed by atoms with van der Waals surface area (Å²) in [6.07, 6.45) is 2.94. The molecule has 2 heterocycles. The van der Waals surface area contributed by atoms with Crippen molar-refractivity contribution in [1.82, 2.24) is 19.9 Å². The minimum Gasteiger partial charge on any atom is -0.342 e. The van der Waals surface area contributed by atoms with Gasteiger partial charge in [0.05, 0.1) is 6.04 Å². The monoisotopic (exact) mass is 350 g/mol. The van der Waals surface area contributed by atoms with Gasteiger partial charge in [-0.25, -0.2) is 0 Å². The highest BCUT2D eigenvalue weighted by Crippen LogP contribution is 2.21. The van der Waals surface area contributed by atoms with Crippen molar-refractivity contribution in [1.29, 1.82) is 0 Å².